The van der Waals surface area contributed by atoms with Crippen LogP contribution in [0.3, 0.4) is 0 Å². The average molecular weight is 184 g/mol. The predicted molar refractivity (Wildman–Crippen MR) is 49.9 cm³/mol. The van der Waals surface area contributed by atoms with E-state index in [1.165, 1.54) is 0 Å². The molecule has 3 nitrogen and oxygen atoms in total. The summed E-state index contributed by atoms with van der Waals surface area (Å²) in [5.41, 5.74) is 0. The largest absolute Gasteiger partial charge is 0.494 e. The monoisotopic (exact) mass is 184 g/mol. The Balaban J connectivity index is 2.87. The Bertz CT molecular complexity index is 280. The second-order valence-electron chi connectivity index (χ2n) is 2.31. The summed E-state index contributed by atoms with van der Waals surface area (Å²) in [6, 6.07) is 0. The molecular weight excluding hydrogens is 172 g/mol. The third kappa shape index (κ3) is 2.04. The third-order valence-electron chi connectivity index (χ3n) is 1.35. The van der Waals surface area contributed by atoms with Crippen molar-refractivity contribution in [2.45, 2.75) is 20.3 Å². The van der Waals surface area contributed by atoms with Crippen LogP contribution in [0.15, 0.2) is 6.08 Å². The molecule has 0 aromatic carbocycles. The quantitative estimate of drug-likeness (QED) is 0.676. The SMILES string of the molecule is CC/C=C(\OC)c1nnc(C)s1. The average Bonchev–Trinajstić information content (AvgIpc) is 2.47. The molecule has 0 bridgehead atoms. The highest BCUT2D eigenvalue weighted by Crippen LogP contribution is 2.19. The number of allylic oxidation sites excluding steroid dienone is 1. The number of aromatic nitrogens is 2. The molecule has 66 valence electrons. The first-order valence-electron chi connectivity index (χ1n) is 3.82. The molecule has 0 aliphatic heterocycles. The first kappa shape index (κ1) is 9.19. The highest BCUT2D eigenvalue weighted by atomic mass is 32.1. The molecule has 0 atom stereocenters. The molecule has 1 heterocycles. The molecule has 0 aliphatic carbocycles. The van der Waals surface area contributed by atoms with Crippen LogP contribution < -0.4 is 0 Å². The van der Waals surface area contributed by atoms with Crippen LogP contribution in [0, 0.1) is 6.92 Å². The lowest BCUT2D eigenvalue weighted by Crippen LogP contribution is -1.85. The summed E-state index contributed by atoms with van der Waals surface area (Å²) in [5.74, 6) is 0.822. The van der Waals surface area contributed by atoms with E-state index in [9.17, 15) is 0 Å². The molecule has 0 fully saturated rings. The summed E-state index contributed by atoms with van der Waals surface area (Å²) in [4.78, 5) is 0. The van der Waals surface area contributed by atoms with Crippen LogP contribution in [0.2, 0.25) is 0 Å². The normalized spacial score (nSPS) is 11.8. The predicted octanol–water partition coefficient (Wildman–Crippen LogP) is 2.24. The second-order valence-corrected chi connectivity index (χ2v) is 3.49. The minimum absolute atomic E-state index is 0.822. The molecule has 0 aliphatic rings. The fourth-order valence-electron chi connectivity index (χ4n) is 0.839. The summed E-state index contributed by atoms with van der Waals surface area (Å²) in [5, 5.41) is 9.72. The first-order valence-corrected chi connectivity index (χ1v) is 4.64. The van der Waals surface area contributed by atoms with Gasteiger partial charge in [0.2, 0.25) is 0 Å². The fraction of sp³-hybridized carbons (Fsp3) is 0.500. The molecule has 0 N–H and O–H groups in total. The first-order chi connectivity index (χ1) is 5.77. The van der Waals surface area contributed by atoms with Gasteiger partial charge in [-0.1, -0.05) is 18.3 Å². The Hall–Kier alpha value is -0.900. The van der Waals surface area contributed by atoms with Crippen molar-refractivity contribution in [1.82, 2.24) is 10.2 Å². The van der Waals surface area contributed by atoms with Gasteiger partial charge in [0, 0.05) is 0 Å². The number of ether oxygens (including phenoxy) is 1. The maximum atomic E-state index is 5.16. The minimum Gasteiger partial charge on any atom is -0.494 e. The molecule has 12 heavy (non-hydrogen) atoms. The molecule has 0 unspecified atom stereocenters. The minimum atomic E-state index is 0.822. The molecular formula is C8H12N2OS. The van der Waals surface area contributed by atoms with Gasteiger partial charge in [0.1, 0.15) is 5.01 Å². The van der Waals surface area contributed by atoms with Crippen molar-refractivity contribution in [3.63, 3.8) is 0 Å². The lowest BCUT2D eigenvalue weighted by Gasteiger charge is -1.99. The lowest BCUT2D eigenvalue weighted by molar-refractivity contribution is 0.368. The van der Waals surface area contributed by atoms with Crippen molar-refractivity contribution in [2.75, 3.05) is 7.11 Å². The van der Waals surface area contributed by atoms with Gasteiger partial charge in [-0.05, 0) is 19.4 Å². The number of rotatable bonds is 3. The summed E-state index contributed by atoms with van der Waals surface area (Å²) in [7, 11) is 1.65. The van der Waals surface area contributed by atoms with E-state index in [4.69, 9.17) is 4.74 Å². The van der Waals surface area contributed by atoms with Gasteiger partial charge in [-0.2, -0.15) is 0 Å². The highest BCUT2D eigenvalue weighted by Gasteiger charge is 2.05. The molecule has 1 aromatic rings. The van der Waals surface area contributed by atoms with Crippen molar-refractivity contribution < 1.29 is 4.74 Å². The van der Waals surface area contributed by atoms with Gasteiger partial charge in [0.05, 0.1) is 7.11 Å². The molecule has 1 rings (SSSR count). The Morgan fingerprint density at radius 2 is 2.33 bits per heavy atom. The topological polar surface area (TPSA) is 35.0 Å². The van der Waals surface area contributed by atoms with Gasteiger partial charge in [0.15, 0.2) is 10.8 Å². The maximum Gasteiger partial charge on any atom is 0.182 e. The van der Waals surface area contributed by atoms with Gasteiger partial charge in [-0.15, -0.1) is 10.2 Å². The van der Waals surface area contributed by atoms with Gasteiger partial charge in [0.25, 0.3) is 0 Å². The van der Waals surface area contributed by atoms with E-state index in [0.717, 1.165) is 22.2 Å². The number of methoxy groups -OCH3 is 1. The van der Waals surface area contributed by atoms with E-state index in [0.29, 0.717) is 0 Å². The molecule has 0 spiro atoms. The van der Waals surface area contributed by atoms with Crippen LogP contribution in [-0.4, -0.2) is 17.3 Å². The van der Waals surface area contributed by atoms with E-state index >= 15 is 0 Å². The van der Waals surface area contributed by atoms with Crippen molar-refractivity contribution in [3.8, 4) is 0 Å². The third-order valence-corrected chi connectivity index (χ3v) is 2.20. The van der Waals surface area contributed by atoms with Crippen molar-refractivity contribution in [3.05, 3.63) is 16.1 Å². The van der Waals surface area contributed by atoms with E-state index in [2.05, 4.69) is 17.1 Å². The molecule has 0 radical (unpaired) electrons. The van der Waals surface area contributed by atoms with E-state index in [1.54, 1.807) is 18.4 Å². The molecule has 0 saturated carbocycles. The number of hydrogen-bond donors (Lipinski definition) is 0. The van der Waals surface area contributed by atoms with Gasteiger partial charge in [-0.25, -0.2) is 0 Å². The smallest absolute Gasteiger partial charge is 0.182 e. The highest BCUT2D eigenvalue weighted by molar-refractivity contribution is 7.12. The molecule has 0 amide bonds. The van der Waals surface area contributed by atoms with Crippen LogP contribution in [0.5, 0.6) is 0 Å². The van der Waals surface area contributed by atoms with E-state index in [1.807, 2.05) is 13.0 Å². The molecule has 4 heteroatoms. The van der Waals surface area contributed by atoms with Crippen LogP contribution in [-0.2, 0) is 4.74 Å². The zero-order chi connectivity index (χ0) is 8.97. The zero-order valence-corrected chi connectivity index (χ0v) is 8.31. The maximum absolute atomic E-state index is 5.16. The van der Waals surface area contributed by atoms with Crippen LogP contribution in [0.25, 0.3) is 5.76 Å². The summed E-state index contributed by atoms with van der Waals surface area (Å²) >= 11 is 1.54. The Morgan fingerprint density at radius 3 is 2.75 bits per heavy atom. The summed E-state index contributed by atoms with van der Waals surface area (Å²) in [6.45, 7) is 3.99. The Labute approximate surface area is 76.1 Å². The van der Waals surface area contributed by atoms with Gasteiger partial charge < -0.3 is 4.74 Å². The summed E-state index contributed by atoms with van der Waals surface area (Å²) < 4.78 is 5.16. The van der Waals surface area contributed by atoms with E-state index in [-0.39, 0.29) is 0 Å². The van der Waals surface area contributed by atoms with Crippen molar-refractivity contribution >= 4 is 17.1 Å². The van der Waals surface area contributed by atoms with Crippen LogP contribution in [0.4, 0.5) is 0 Å². The number of aryl methyl sites for hydroxylation is 1. The zero-order valence-electron chi connectivity index (χ0n) is 7.50. The van der Waals surface area contributed by atoms with Gasteiger partial charge in [-0.3, -0.25) is 0 Å². The molecule has 1 aromatic heterocycles. The van der Waals surface area contributed by atoms with Gasteiger partial charge >= 0.3 is 0 Å². The van der Waals surface area contributed by atoms with Crippen molar-refractivity contribution in [1.29, 1.82) is 0 Å². The van der Waals surface area contributed by atoms with Crippen LogP contribution in [0.1, 0.15) is 23.4 Å². The molecule has 0 saturated heterocycles. The Kier molecular flexibility index (Phi) is 3.22. The van der Waals surface area contributed by atoms with Crippen LogP contribution >= 0.6 is 11.3 Å². The standard InChI is InChI=1S/C8H12N2OS/c1-4-5-7(11-3)8-10-9-6(2)12-8/h5H,4H2,1-3H3/b7-5-. The summed E-state index contributed by atoms with van der Waals surface area (Å²) in [6.07, 6.45) is 2.95. The lowest BCUT2D eigenvalue weighted by atomic mass is 10.4. The Morgan fingerprint density at radius 1 is 1.58 bits per heavy atom. The van der Waals surface area contributed by atoms with E-state index < -0.39 is 0 Å². The number of nitrogens with zero attached hydrogens (tertiary/aromatic N) is 2. The number of hydrogen-bond acceptors (Lipinski definition) is 4. The second kappa shape index (κ2) is 4.21. The fourth-order valence-corrected chi connectivity index (χ4v) is 1.55. The van der Waals surface area contributed by atoms with Crippen molar-refractivity contribution in [2.24, 2.45) is 0 Å².